The van der Waals surface area contributed by atoms with Crippen LogP contribution in [-0.4, -0.2) is 28.1 Å². The first-order valence-electron chi connectivity index (χ1n) is 5.69. The van der Waals surface area contributed by atoms with E-state index in [9.17, 15) is 9.59 Å². The first-order chi connectivity index (χ1) is 8.43. The van der Waals surface area contributed by atoms with Crippen molar-refractivity contribution in [1.29, 1.82) is 0 Å². The van der Waals surface area contributed by atoms with Crippen molar-refractivity contribution in [3.63, 3.8) is 0 Å². The predicted molar refractivity (Wildman–Crippen MR) is 70.1 cm³/mol. The number of nitrogens with zero attached hydrogens (tertiary/aromatic N) is 1. The number of carboxylic acid groups (broad SMARTS) is 1. The summed E-state index contributed by atoms with van der Waals surface area (Å²) in [5, 5.41) is 16.0. The molecule has 2 amide bonds. The van der Waals surface area contributed by atoms with Crippen LogP contribution in [0.5, 0.6) is 0 Å². The van der Waals surface area contributed by atoms with Crippen LogP contribution in [0.15, 0.2) is 5.38 Å². The fraction of sp³-hybridized carbons (Fsp3) is 0.545. The summed E-state index contributed by atoms with van der Waals surface area (Å²) in [5.41, 5.74) is 0.903. The number of anilines is 1. The number of nitrogens with one attached hydrogen (secondary N) is 2. The molecule has 7 heteroatoms. The van der Waals surface area contributed by atoms with Crippen LogP contribution >= 0.6 is 11.3 Å². The Balaban J connectivity index is 2.56. The van der Waals surface area contributed by atoms with Gasteiger partial charge in [0.1, 0.15) is 6.04 Å². The summed E-state index contributed by atoms with van der Waals surface area (Å²) in [6, 6.07) is -1.43. The van der Waals surface area contributed by atoms with Crippen molar-refractivity contribution in [3.05, 3.63) is 11.1 Å². The van der Waals surface area contributed by atoms with Crippen LogP contribution in [-0.2, 0) is 4.79 Å². The zero-order valence-electron chi connectivity index (χ0n) is 10.6. The monoisotopic (exact) mass is 271 g/mol. The quantitative estimate of drug-likeness (QED) is 0.766. The molecule has 0 aliphatic rings. The van der Waals surface area contributed by atoms with Crippen molar-refractivity contribution >= 4 is 28.5 Å². The third kappa shape index (κ3) is 3.99. The molecule has 1 atom stereocenters. The minimum Gasteiger partial charge on any atom is -0.480 e. The fourth-order valence-corrected chi connectivity index (χ4v) is 2.11. The van der Waals surface area contributed by atoms with E-state index in [0.717, 1.165) is 5.69 Å². The van der Waals surface area contributed by atoms with Crippen LogP contribution < -0.4 is 10.6 Å². The van der Waals surface area contributed by atoms with E-state index in [-0.39, 0.29) is 0 Å². The van der Waals surface area contributed by atoms with Crippen LogP contribution in [0.4, 0.5) is 9.93 Å². The van der Waals surface area contributed by atoms with Crippen molar-refractivity contribution in [1.82, 2.24) is 10.3 Å². The summed E-state index contributed by atoms with van der Waals surface area (Å²) in [7, 11) is 0. The highest BCUT2D eigenvalue weighted by atomic mass is 32.1. The lowest BCUT2D eigenvalue weighted by molar-refractivity contribution is -0.139. The number of hydrogen-bond donors (Lipinski definition) is 3. The summed E-state index contributed by atoms with van der Waals surface area (Å²) in [4.78, 5) is 26.5. The second-order valence-corrected chi connectivity index (χ2v) is 4.99. The summed E-state index contributed by atoms with van der Waals surface area (Å²) in [5.74, 6) is -0.753. The molecule has 0 bridgehead atoms. The Morgan fingerprint density at radius 3 is 2.61 bits per heavy atom. The Bertz CT molecular complexity index is 431. The molecular weight excluding hydrogens is 254 g/mol. The normalized spacial score (nSPS) is 12.2. The maximum Gasteiger partial charge on any atom is 0.326 e. The van der Waals surface area contributed by atoms with Gasteiger partial charge in [0.15, 0.2) is 5.13 Å². The largest absolute Gasteiger partial charge is 0.480 e. The standard InChI is InChI=1S/C11H17N3O3S/c1-4-7(9(15)16)12-10(17)14-11-13-8(5-18-11)6(2)3/h5-7H,4H2,1-3H3,(H,15,16)(H2,12,13,14,17)/t7-/m1/s1. The molecule has 0 aliphatic carbocycles. The van der Waals surface area contributed by atoms with Crippen LogP contribution in [0.3, 0.4) is 0 Å². The molecule has 0 aromatic carbocycles. The SMILES string of the molecule is CC[C@@H](NC(=O)Nc1nc(C(C)C)cs1)C(=O)O. The zero-order chi connectivity index (χ0) is 13.7. The van der Waals surface area contributed by atoms with Crippen molar-refractivity contribution in [2.45, 2.75) is 39.2 Å². The maximum absolute atomic E-state index is 11.5. The molecule has 0 saturated carbocycles. The van der Waals surface area contributed by atoms with Gasteiger partial charge in [0.05, 0.1) is 5.69 Å². The summed E-state index contributed by atoms with van der Waals surface area (Å²) < 4.78 is 0. The van der Waals surface area contributed by atoms with Crippen LogP contribution in [0, 0.1) is 0 Å². The molecule has 1 rings (SSSR count). The summed E-state index contributed by atoms with van der Waals surface area (Å²) in [6.07, 6.45) is 0.331. The molecule has 1 heterocycles. The van der Waals surface area contributed by atoms with Gasteiger partial charge in [-0.05, 0) is 12.3 Å². The van der Waals surface area contributed by atoms with E-state index in [2.05, 4.69) is 15.6 Å². The minimum atomic E-state index is -1.05. The molecule has 18 heavy (non-hydrogen) atoms. The third-order valence-corrected chi connectivity index (χ3v) is 3.12. The van der Waals surface area contributed by atoms with Crippen molar-refractivity contribution in [2.75, 3.05) is 5.32 Å². The topological polar surface area (TPSA) is 91.3 Å². The Hall–Kier alpha value is -1.63. The van der Waals surface area contributed by atoms with E-state index >= 15 is 0 Å². The van der Waals surface area contributed by atoms with E-state index < -0.39 is 18.0 Å². The molecule has 0 radical (unpaired) electrons. The van der Waals surface area contributed by atoms with Crippen LogP contribution in [0.25, 0.3) is 0 Å². The van der Waals surface area contributed by atoms with E-state index in [1.165, 1.54) is 11.3 Å². The molecule has 3 N–H and O–H groups in total. The van der Waals surface area contributed by atoms with Gasteiger partial charge in [0.2, 0.25) is 0 Å². The first-order valence-corrected chi connectivity index (χ1v) is 6.57. The molecule has 1 aromatic heterocycles. The molecule has 0 saturated heterocycles. The second-order valence-electron chi connectivity index (χ2n) is 4.13. The van der Waals surface area contributed by atoms with Crippen molar-refractivity contribution < 1.29 is 14.7 Å². The van der Waals surface area contributed by atoms with Crippen molar-refractivity contribution in [3.8, 4) is 0 Å². The third-order valence-electron chi connectivity index (χ3n) is 2.35. The number of amides is 2. The minimum absolute atomic E-state index is 0.294. The smallest absolute Gasteiger partial charge is 0.326 e. The fourth-order valence-electron chi connectivity index (χ4n) is 1.24. The Kier molecular flexibility index (Phi) is 5.08. The molecule has 100 valence electrons. The summed E-state index contributed by atoms with van der Waals surface area (Å²) >= 11 is 1.32. The van der Waals surface area contributed by atoms with Gasteiger partial charge in [-0.3, -0.25) is 5.32 Å². The average Bonchev–Trinajstić information content (AvgIpc) is 2.74. The number of carboxylic acids is 1. The molecule has 1 aromatic rings. The number of thiazole rings is 1. The number of carbonyl (C=O) groups is 2. The first kappa shape index (κ1) is 14.4. The number of carbonyl (C=O) groups excluding carboxylic acids is 1. The van der Waals surface area contributed by atoms with Crippen molar-refractivity contribution in [2.24, 2.45) is 0 Å². The zero-order valence-corrected chi connectivity index (χ0v) is 11.4. The molecule has 6 nitrogen and oxygen atoms in total. The number of aliphatic carboxylic acids is 1. The number of urea groups is 1. The van der Waals surface area contributed by atoms with Gasteiger partial charge in [0, 0.05) is 5.38 Å². The number of rotatable bonds is 5. The van der Waals surface area contributed by atoms with E-state index in [1.54, 1.807) is 6.92 Å². The lowest BCUT2D eigenvalue weighted by atomic mass is 10.2. The molecule has 0 aliphatic heterocycles. The highest BCUT2D eigenvalue weighted by Crippen LogP contribution is 2.21. The van der Waals surface area contributed by atoms with Gasteiger partial charge in [-0.15, -0.1) is 11.3 Å². The average molecular weight is 271 g/mol. The van der Waals surface area contributed by atoms with E-state index in [4.69, 9.17) is 5.11 Å². The van der Waals surface area contributed by atoms with Gasteiger partial charge in [-0.2, -0.15) is 0 Å². The molecular formula is C11H17N3O3S. The Labute approximate surface area is 109 Å². The lowest BCUT2D eigenvalue weighted by Gasteiger charge is -2.11. The highest BCUT2D eigenvalue weighted by Gasteiger charge is 2.18. The second kappa shape index (κ2) is 6.34. The van der Waals surface area contributed by atoms with Gasteiger partial charge in [-0.25, -0.2) is 14.6 Å². The molecule has 0 fully saturated rings. The number of aromatic nitrogens is 1. The maximum atomic E-state index is 11.5. The Morgan fingerprint density at radius 1 is 1.50 bits per heavy atom. The lowest BCUT2D eigenvalue weighted by Crippen LogP contribution is -2.42. The number of hydrogen-bond acceptors (Lipinski definition) is 4. The summed E-state index contributed by atoms with van der Waals surface area (Å²) in [6.45, 7) is 5.71. The predicted octanol–water partition coefficient (Wildman–Crippen LogP) is 2.25. The van der Waals surface area contributed by atoms with E-state index in [1.807, 2.05) is 19.2 Å². The van der Waals surface area contributed by atoms with Crippen LogP contribution in [0.2, 0.25) is 0 Å². The Morgan fingerprint density at radius 2 is 2.17 bits per heavy atom. The van der Waals surface area contributed by atoms with Gasteiger partial charge in [0.25, 0.3) is 0 Å². The van der Waals surface area contributed by atoms with Gasteiger partial charge in [-0.1, -0.05) is 20.8 Å². The van der Waals surface area contributed by atoms with Gasteiger partial charge >= 0.3 is 12.0 Å². The van der Waals surface area contributed by atoms with E-state index in [0.29, 0.717) is 17.5 Å². The molecule has 0 spiro atoms. The van der Waals surface area contributed by atoms with Crippen LogP contribution in [0.1, 0.15) is 38.8 Å². The van der Waals surface area contributed by atoms with Gasteiger partial charge < -0.3 is 10.4 Å². The molecule has 0 unspecified atom stereocenters. The highest BCUT2D eigenvalue weighted by molar-refractivity contribution is 7.13.